The fourth-order valence-electron chi connectivity index (χ4n) is 3.00. The molecule has 2 atom stereocenters. The number of fused-ring (bicyclic) bond motifs is 1. The topological polar surface area (TPSA) is 64.8 Å². The van der Waals surface area contributed by atoms with Gasteiger partial charge in [-0.3, -0.25) is 4.79 Å². The van der Waals surface area contributed by atoms with Crippen LogP contribution in [0.3, 0.4) is 0 Å². The van der Waals surface area contributed by atoms with E-state index in [0.717, 1.165) is 11.3 Å². The zero-order valence-corrected chi connectivity index (χ0v) is 13.0. The molecule has 2 N–H and O–H groups in total. The summed E-state index contributed by atoms with van der Waals surface area (Å²) in [5, 5.41) is 0.652. The standard InChI is InChI=1S/C17H15ClN2O3/c18-11-3-1-10(2-4-11)16-15(19)17(21)20(16)12-5-6-13-14(9-12)23-8-7-22-13/h1-6,9,15-16H,7-8,19H2/t15-,16+/m0/s1. The monoisotopic (exact) mass is 330 g/mol. The van der Waals surface area contributed by atoms with E-state index in [-0.39, 0.29) is 11.9 Å². The lowest BCUT2D eigenvalue weighted by atomic mass is 9.88. The van der Waals surface area contributed by atoms with Crippen molar-refractivity contribution in [2.45, 2.75) is 12.1 Å². The molecule has 0 radical (unpaired) electrons. The van der Waals surface area contributed by atoms with E-state index in [2.05, 4.69) is 0 Å². The van der Waals surface area contributed by atoms with Crippen LogP contribution in [0, 0.1) is 0 Å². The number of β-lactam (4-membered cyclic amide) rings is 1. The number of halogens is 1. The molecule has 2 aliphatic heterocycles. The number of anilines is 1. The first-order valence-corrected chi connectivity index (χ1v) is 7.77. The average molecular weight is 331 g/mol. The maximum Gasteiger partial charge on any atom is 0.247 e. The van der Waals surface area contributed by atoms with E-state index in [4.69, 9.17) is 26.8 Å². The summed E-state index contributed by atoms with van der Waals surface area (Å²) < 4.78 is 11.1. The van der Waals surface area contributed by atoms with Crippen molar-refractivity contribution in [3.63, 3.8) is 0 Å². The van der Waals surface area contributed by atoms with Crippen molar-refractivity contribution in [3.05, 3.63) is 53.1 Å². The van der Waals surface area contributed by atoms with Gasteiger partial charge in [-0.2, -0.15) is 0 Å². The Morgan fingerprint density at radius 1 is 1.04 bits per heavy atom. The number of hydrogen-bond acceptors (Lipinski definition) is 4. The number of ether oxygens (including phenoxy) is 2. The Kier molecular flexibility index (Phi) is 3.39. The van der Waals surface area contributed by atoms with Crippen molar-refractivity contribution in [2.75, 3.05) is 18.1 Å². The van der Waals surface area contributed by atoms with Crippen LogP contribution in [-0.4, -0.2) is 25.2 Å². The van der Waals surface area contributed by atoms with Gasteiger partial charge in [0.25, 0.3) is 0 Å². The number of amides is 1. The Morgan fingerprint density at radius 3 is 2.48 bits per heavy atom. The molecule has 1 saturated heterocycles. The molecule has 1 amide bonds. The summed E-state index contributed by atoms with van der Waals surface area (Å²) in [5.41, 5.74) is 7.73. The van der Waals surface area contributed by atoms with Crippen molar-refractivity contribution in [1.29, 1.82) is 0 Å². The van der Waals surface area contributed by atoms with Crippen LogP contribution in [0.15, 0.2) is 42.5 Å². The minimum atomic E-state index is -0.552. The summed E-state index contributed by atoms with van der Waals surface area (Å²) in [6.07, 6.45) is 0. The van der Waals surface area contributed by atoms with E-state index in [1.54, 1.807) is 17.0 Å². The van der Waals surface area contributed by atoms with Crippen LogP contribution >= 0.6 is 11.6 Å². The zero-order valence-electron chi connectivity index (χ0n) is 12.2. The van der Waals surface area contributed by atoms with Gasteiger partial charge in [-0.15, -0.1) is 0 Å². The third-order valence-corrected chi connectivity index (χ3v) is 4.41. The van der Waals surface area contributed by atoms with Crippen LogP contribution in [0.5, 0.6) is 11.5 Å². The number of benzene rings is 2. The molecule has 0 saturated carbocycles. The van der Waals surface area contributed by atoms with Gasteiger partial charge in [0.1, 0.15) is 19.3 Å². The maximum absolute atomic E-state index is 12.3. The smallest absolute Gasteiger partial charge is 0.247 e. The lowest BCUT2D eigenvalue weighted by Crippen LogP contribution is -2.63. The molecule has 118 valence electrons. The third-order valence-electron chi connectivity index (χ3n) is 4.16. The highest BCUT2D eigenvalue weighted by atomic mass is 35.5. The summed E-state index contributed by atoms with van der Waals surface area (Å²) in [6.45, 7) is 1.04. The van der Waals surface area contributed by atoms with Crippen molar-refractivity contribution in [3.8, 4) is 11.5 Å². The number of nitrogens with two attached hydrogens (primary N) is 1. The normalized spacial score (nSPS) is 22.7. The molecule has 0 aliphatic carbocycles. The number of carbonyl (C=O) groups excluding carboxylic acids is 1. The highest BCUT2D eigenvalue weighted by Gasteiger charge is 2.46. The predicted octanol–water partition coefficient (Wildman–Crippen LogP) is 2.53. The highest BCUT2D eigenvalue weighted by Crippen LogP contribution is 2.42. The number of hydrogen-bond donors (Lipinski definition) is 1. The van der Waals surface area contributed by atoms with Gasteiger partial charge in [0.2, 0.25) is 5.91 Å². The Hall–Kier alpha value is -2.24. The largest absolute Gasteiger partial charge is 0.486 e. The molecule has 2 heterocycles. The first kappa shape index (κ1) is 14.4. The van der Waals surface area contributed by atoms with Gasteiger partial charge < -0.3 is 20.1 Å². The highest BCUT2D eigenvalue weighted by molar-refractivity contribution is 6.30. The molecule has 0 spiro atoms. The van der Waals surface area contributed by atoms with Crippen LogP contribution in [0.1, 0.15) is 11.6 Å². The van der Waals surface area contributed by atoms with Crippen LogP contribution in [0.25, 0.3) is 0 Å². The number of rotatable bonds is 2. The molecule has 2 aromatic rings. The second-order valence-corrected chi connectivity index (χ2v) is 5.99. The predicted molar refractivity (Wildman–Crippen MR) is 87.1 cm³/mol. The Balaban J connectivity index is 1.69. The van der Waals surface area contributed by atoms with Gasteiger partial charge in [0, 0.05) is 16.8 Å². The van der Waals surface area contributed by atoms with Gasteiger partial charge in [0.15, 0.2) is 11.5 Å². The minimum absolute atomic E-state index is 0.110. The quantitative estimate of drug-likeness (QED) is 0.859. The molecule has 0 unspecified atom stereocenters. The molecule has 6 heteroatoms. The fourth-order valence-corrected chi connectivity index (χ4v) is 3.12. The van der Waals surface area contributed by atoms with E-state index in [0.29, 0.717) is 29.7 Å². The van der Waals surface area contributed by atoms with E-state index in [9.17, 15) is 4.79 Å². The fraction of sp³-hybridized carbons (Fsp3) is 0.235. The molecular formula is C17H15ClN2O3. The van der Waals surface area contributed by atoms with Crippen molar-refractivity contribution < 1.29 is 14.3 Å². The minimum Gasteiger partial charge on any atom is -0.486 e. The maximum atomic E-state index is 12.3. The number of carbonyl (C=O) groups is 1. The first-order chi connectivity index (χ1) is 11.1. The molecule has 2 aliphatic rings. The molecule has 5 nitrogen and oxygen atoms in total. The number of nitrogens with zero attached hydrogens (tertiary/aromatic N) is 1. The van der Waals surface area contributed by atoms with Crippen LogP contribution in [-0.2, 0) is 4.79 Å². The lowest BCUT2D eigenvalue weighted by molar-refractivity contribution is -0.126. The van der Waals surface area contributed by atoms with Gasteiger partial charge in [-0.1, -0.05) is 23.7 Å². The third kappa shape index (κ3) is 2.33. The molecule has 0 bridgehead atoms. The van der Waals surface area contributed by atoms with Gasteiger partial charge >= 0.3 is 0 Å². The lowest BCUT2D eigenvalue weighted by Gasteiger charge is -2.45. The molecule has 2 aromatic carbocycles. The summed E-state index contributed by atoms with van der Waals surface area (Å²) >= 11 is 5.93. The van der Waals surface area contributed by atoms with Crippen molar-refractivity contribution in [1.82, 2.24) is 0 Å². The second kappa shape index (κ2) is 5.44. The Labute approximate surface area is 138 Å². The van der Waals surface area contributed by atoms with E-state index < -0.39 is 6.04 Å². The second-order valence-electron chi connectivity index (χ2n) is 5.56. The summed E-state index contributed by atoms with van der Waals surface area (Å²) in [6, 6.07) is 12.1. The average Bonchev–Trinajstić information content (AvgIpc) is 2.59. The van der Waals surface area contributed by atoms with Crippen LogP contribution in [0.2, 0.25) is 5.02 Å². The molecule has 0 aromatic heterocycles. The van der Waals surface area contributed by atoms with E-state index in [1.165, 1.54) is 0 Å². The van der Waals surface area contributed by atoms with Crippen LogP contribution in [0.4, 0.5) is 5.69 Å². The van der Waals surface area contributed by atoms with Gasteiger partial charge in [-0.25, -0.2) is 0 Å². The Morgan fingerprint density at radius 2 is 1.74 bits per heavy atom. The van der Waals surface area contributed by atoms with Gasteiger partial charge in [0.05, 0.1) is 6.04 Å². The summed E-state index contributed by atoms with van der Waals surface area (Å²) in [4.78, 5) is 14.0. The van der Waals surface area contributed by atoms with Crippen molar-refractivity contribution >= 4 is 23.2 Å². The molecule has 1 fully saturated rings. The molecular weight excluding hydrogens is 316 g/mol. The van der Waals surface area contributed by atoms with E-state index in [1.807, 2.05) is 30.3 Å². The zero-order chi connectivity index (χ0) is 16.0. The Bertz CT molecular complexity index is 763. The van der Waals surface area contributed by atoms with Gasteiger partial charge in [-0.05, 0) is 29.8 Å². The summed E-state index contributed by atoms with van der Waals surface area (Å²) in [7, 11) is 0. The molecule has 4 rings (SSSR count). The molecule has 23 heavy (non-hydrogen) atoms. The first-order valence-electron chi connectivity index (χ1n) is 7.39. The van der Waals surface area contributed by atoms with Crippen molar-refractivity contribution in [2.24, 2.45) is 5.73 Å². The summed E-state index contributed by atoms with van der Waals surface area (Å²) in [5.74, 6) is 1.24. The van der Waals surface area contributed by atoms with E-state index >= 15 is 0 Å². The SMILES string of the molecule is N[C@@H]1C(=O)N(c2ccc3c(c2)OCCO3)[C@@H]1c1ccc(Cl)cc1. The van der Waals surface area contributed by atoms with Crippen LogP contribution < -0.4 is 20.1 Å².